The maximum absolute atomic E-state index is 12.9. The Bertz CT molecular complexity index is 897. The summed E-state index contributed by atoms with van der Waals surface area (Å²) in [6.07, 6.45) is 5.09. The van der Waals surface area contributed by atoms with Crippen molar-refractivity contribution in [3.05, 3.63) is 65.5 Å². The topological polar surface area (TPSA) is 61.8 Å². The molecule has 2 N–H and O–H groups in total. The van der Waals surface area contributed by atoms with E-state index in [2.05, 4.69) is 10.2 Å². The van der Waals surface area contributed by atoms with Crippen LogP contribution >= 0.6 is 0 Å². The zero-order chi connectivity index (χ0) is 20.2. The van der Waals surface area contributed by atoms with Gasteiger partial charge < -0.3 is 15.2 Å². The lowest BCUT2D eigenvalue weighted by Crippen LogP contribution is -2.48. The van der Waals surface area contributed by atoms with Gasteiger partial charge in [0.25, 0.3) is 0 Å². The van der Waals surface area contributed by atoms with E-state index in [9.17, 15) is 14.3 Å². The summed E-state index contributed by atoms with van der Waals surface area (Å²) in [5.74, 6) is 0.449. The van der Waals surface area contributed by atoms with E-state index in [1.54, 1.807) is 12.1 Å². The Morgan fingerprint density at radius 3 is 2.83 bits per heavy atom. The molecule has 5 nitrogen and oxygen atoms in total. The lowest BCUT2D eigenvalue weighted by atomic mass is 10.0. The van der Waals surface area contributed by atoms with Crippen molar-refractivity contribution in [2.75, 3.05) is 25.0 Å². The van der Waals surface area contributed by atoms with Gasteiger partial charge >= 0.3 is 0 Å². The van der Waals surface area contributed by atoms with E-state index in [4.69, 9.17) is 4.74 Å². The third-order valence-electron chi connectivity index (χ3n) is 5.41. The van der Waals surface area contributed by atoms with Crippen LogP contribution in [0.2, 0.25) is 0 Å². The van der Waals surface area contributed by atoms with Crippen LogP contribution in [0.15, 0.2) is 48.5 Å². The van der Waals surface area contributed by atoms with Gasteiger partial charge in [-0.1, -0.05) is 30.4 Å². The number of carbonyl (C=O) groups excluding carboxylic acids is 1. The highest BCUT2D eigenvalue weighted by Gasteiger charge is 2.29. The number of benzene rings is 2. The molecule has 0 bridgehead atoms. The zero-order valence-corrected chi connectivity index (χ0v) is 16.2. The fraction of sp³-hybridized carbons (Fsp3) is 0.348. The number of fused-ring (bicyclic) bond motifs is 1. The zero-order valence-electron chi connectivity index (χ0n) is 16.2. The molecule has 4 rings (SSSR count). The number of halogens is 1. The Labute approximate surface area is 169 Å². The third-order valence-corrected chi connectivity index (χ3v) is 5.41. The third kappa shape index (κ3) is 5.02. The molecule has 2 aromatic rings. The van der Waals surface area contributed by atoms with Crippen molar-refractivity contribution >= 4 is 17.7 Å². The molecule has 0 unspecified atom stereocenters. The number of piperidine rings is 1. The van der Waals surface area contributed by atoms with E-state index in [0.29, 0.717) is 25.3 Å². The highest BCUT2D eigenvalue weighted by Crippen LogP contribution is 2.29. The molecule has 2 aliphatic rings. The number of ether oxygens (including phenoxy) is 1. The highest BCUT2D eigenvalue weighted by atomic mass is 19.1. The first-order chi connectivity index (χ1) is 14.1. The van der Waals surface area contributed by atoms with Gasteiger partial charge in [-0.3, -0.25) is 9.69 Å². The quantitative estimate of drug-likeness (QED) is 0.815. The number of amides is 1. The second-order valence-corrected chi connectivity index (χ2v) is 7.59. The summed E-state index contributed by atoms with van der Waals surface area (Å²) in [5.41, 5.74) is 2.86. The first kappa shape index (κ1) is 19.6. The Kier molecular flexibility index (Phi) is 5.92. The number of anilines is 1. The summed E-state index contributed by atoms with van der Waals surface area (Å²) < 4.78 is 19.0. The van der Waals surface area contributed by atoms with Gasteiger partial charge in [-0.05, 0) is 42.2 Å². The average molecular weight is 396 g/mol. The summed E-state index contributed by atoms with van der Waals surface area (Å²) in [6.45, 7) is 2.06. The van der Waals surface area contributed by atoms with Crippen molar-refractivity contribution < 1.29 is 19.0 Å². The minimum atomic E-state index is -0.589. The normalized spacial score (nSPS) is 22.3. The fourth-order valence-electron chi connectivity index (χ4n) is 3.79. The van der Waals surface area contributed by atoms with Crippen LogP contribution in [0, 0.1) is 5.82 Å². The molecule has 2 atom stereocenters. The molecule has 2 heterocycles. The van der Waals surface area contributed by atoms with Crippen LogP contribution in [0.25, 0.3) is 6.08 Å². The lowest BCUT2D eigenvalue weighted by Gasteiger charge is -2.35. The smallest absolute Gasteiger partial charge is 0.224 e. The highest BCUT2D eigenvalue weighted by molar-refractivity contribution is 5.94. The van der Waals surface area contributed by atoms with Gasteiger partial charge in [0.2, 0.25) is 5.91 Å². The van der Waals surface area contributed by atoms with Crippen LogP contribution in [-0.2, 0) is 11.2 Å². The Morgan fingerprint density at radius 1 is 1.21 bits per heavy atom. The van der Waals surface area contributed by atoms with Gasteiger partial charge in [-0.15, -0.1) is 0 Å². The SMILES string of the molecule is O=C1CCc2ccc(O[C@@H]3CCN(C/C=C/c4ccc(F)cc4)C[C@H]3O)cc2N1. The van der Waals surface area contributed by atoms with Crippen LogP contribution in [0.4, 0.5) is 10.1 Å². The molecule has 29 heavy (non-hydrogen) atoms. The largest absolute Gasteiger partial charge is 0.488 e. The second kappa shape index (κ2) is 8.76. The Balaban J connectivity index is 1.29. The molecule has 152 valence electrons. The van der Waals surface area contributed by atoms with E-state index in [-0.39, 0.29) is 17.8 Å². The number of hydrogen-bond donors (Lipinski definition) is 2. The van der Waals surface area contributed by atoms with E-state index >= 15 is 0 Å². The van der Waals surface area contributed by atoms with Gasteiger partial charge in [-0.2, -0.15) is 0 Å². The number of carbonyl (C=O) groups is 1. The van der Waals surface area contributed by atoms with Crippen LogP contribution < -0.4 is 10.1 Å². The molecule has 0 aromatic heterocycles. The predicted octanol–water partition coefficient (Wildman–Crippen LogP) is 3.24. The van der Waals surface area contributed by atoms with E-state index in [1.165, 1.54) is 12.1 Å². The monoisotopic (exact) mass is 396 g/mol. The van der Waals surface area contributed by atoms with Crippen molar-refractivity contribution in [1.29, 1.82) is 0 Å². The fourth-order valence-corrected chi connectivity index (χ4v) is 3.79. The standard InChI is InChI=1S/C23H25FN2O3/c24-18-7-3-16(4-8-18)2-1-12-26-13-11-22(21(27)15-26)29-19-9-5-17-6-10-23(28)25-20(17)14-19/h1-5,7-9,14,21-22,27H,6,10-13,15H2,(H,25,28)/b2-1+/t21-,22-/m1/s1. The summed E-state index contributed by atoms with van der Waals surface area (Å²) >= 11 is 0. The molecular formula is C23H25FN2O3. The first-order valence-corrected chi connectivity index (χ1v) is 9.99. The van der Waals surface area contributed by atoms with Gasteiger partial charge in [0.05, 0.1) is 0 Å². The molecule has 0 radical (unpaired) electrons. The van der Waals surface area contributed by atoms with Crippen LogP contribution in [0.3, 0.4) is 0 Å². The van der Waals surface area contributed by atoms with Crippen molar-refractivity contribution in [3.63, 3.8) is 0 Å². The van der Waals surface area contributed by atoms with Crippen LogP contribution in [-0.4, -0.2) is 47.8 Å². The summed E-state index contributed by atoms with van der Waals surface area (Å²) in [7, 11) is 0. The van der Waals surface area contributed by atoms with E-state index < -0.39 is 6.10 Å². The number of rotatable bonds is 5. The number of nitrogens with one attached hydrogen (secondary N) is 1. The van der Waals surface area contributed by atoms with Crippen molar-refractivity contribution in [2.45, 2.75) is 31.5 Å². The Hall–Kier alpha value is -2.70. The molecule has 1 fully saturated rings. The summed E-state index contributed by atoms with van der Waals surface area (Å²) in [4.78, 5) is 13.8. The number of aryl methyl sites for hydroxylation is 1. The van der Waals surface area contributed by atoms with Gasteiger partial charge in [0.15, 0.2) is 0 Å². The summed E-state index contributed by atoms with van der Waals surface area (Å²) in [6, 6.07) is 12.1. The molecule has 1 saturated heterocycles. The van der Waals surface area contributed by atoms with Crippen molar-refractivity contribution in [3.8, 4) is 5.75 Å². The predicted molar refractivity (Wildman–Crippen MR) is 110 cm³/mol. The number of aliphatic hydroxyl groups excluding tert-OH is 1. The second-order valence-electron chi connectivity index (χ2n) is 7.59. The van der Waals surface area contributed by atoms with Gasteiger partial charge in [-0.25, -0.2) is 4.39 Å². The van der Waals surface area contributed by atoms with Gasteiger partial charge in [0.1, 0.15) is 23.8 Å². The average Bonchev–Trinajstić information content (AvgIpc) is 2.71. The molecule has 0 spiro atoms. The van der Waals surface area contributed by atoms with E-state index in [1.807, 2.05) is 30.4 Å². The minimum Gasteiger partial charge on any atom is -0.488 e. The molecular weight excluding hydrogens is 371 g/mol. The molecule has 0 saturated carbocycles. The number of likely N-dealkylation sites (tertiary alicyclic amines) is 1. The van der Waals surface area contributed by atoms with Crippen LogP contribution in [0.1, 0.15) is 24.0 Å². The maximum Gasteiger partial charge on any atom is 0.224 e. The van der Waals surface area contributed by atoms with Crippen molar-refractivity contribution in [2.24, 2.45) is 0 Å². The maximum atomic E-state index is 12.9. The molecule has 2 aromatic carbocycles. The molecule has 6 heteroatoms. The number of β-amino-alcohol motifs (C(OH)–C–C–N with tert-alkyl or cyclic N) is 1. The lowest BCUT2D eigenvalue weighted by molar-refractivity contribution is -0.116. The summed E-state index contributed by atoms with van der Waals surface area (Å²) in [5, 5.41) is 13.4. The first-order valence-electron chi connectivity index (χ1n) is 9.99. The molecule has 0 aliphatic carbocycles. The van der Waals surface area contributed by atoms with Gasteiger partial charge in [0, 0.05) is 37.8 Å². The minimum absolute atomic E-state index is 0.0247. The molecule has 2 aliphatic heterocycles. The Morgan fingerprint density at radius 2 is 2.03 bits per heavy atom. The van der Waals surface area contributed by atoms with Crippen molar-refractivity contribution in [1.82, 2.24) is 4.90 Å². The number of hydrogen-bond acceptors (Lipinski definition) is 4. The van der Waals surface area contributed by atoms with Crippen LogP contribution in [0.5, 0.6) is 5.75 Å². The number of nitrogens with zero attached hydrogens (tertiary/aromatic N) is 1. The number of aliphatic hydroxyl groups is 1. The van der Waals surface area contributed by atoms with E-state index in [0.717, 1.165) is 36.2 Å². The molecule has 1 amide bonds.